The number of fused-ring (bicyclic) bond motifs is 1. The van der Waals surface area contributed by atoms with Crippen LogP contribution >= 0.6 is 110 Å². The molecule has 0 saturated heterocycles. The maximum Gasteiger partial charge on any atom is 0.341 e. The first-order valence-corrected chi connectivity index (χ1v) is 17.2. The van der Waals surface area contributed by atoms with Gasteiger partial charge in [0.2, 0.25) is 0 Å². The van der Waals surface area contributed by atoms with Gasteiger partial charge in [0.1, 0.15) is 11.5 Å². The summed E-state index contributed by atoms with van der Waals surface area (Å²) in [7, 11) is -10.6. The van der Waals surface area contributed by atoms with Crippen molar-refractivity contribution in [3.63, 3.8) is 0 Å². The number of benzene rings is 3. The monoisotopic (exact) mass is 925 g/mol. The Morgan fingerprint density at radius 3 is 1.43 bits per heavy atom. The fourth-order valence-electron chi connectivity index (χ4n) is 4.19. The van der Waals surface area contributed by atoms with E-state index in [0.29, 0.717) is 12.1 Å². The topological polar surface area (TPSA) is 176 Å². The zero-order valence-corrected chi connectivity index (χ0v) is 29.2. The van der Waals surface area contributed by atoms with Crippen molar-refractivity contribution in [3.05, 3.63) is 72.4 Å². The highest BCUT2D eigenvalue weighted by Crippen LogP contribution is 2.61. The first kappa shape index (κ1) is 32.5. The molecule has 0 amide bonds. The third-order valence-corrected chi connectivity index (χ3v) is 13.8. The zero-order chi connectivity index (χ0) is 30.4. The fraction of sp³-hybridized carbons (Fsp3) is 0.0500. The van der Waals surface area contributed by atoms with Gasteiger partial charge in [-0.15, -0.1) is 0 Å². The number of rotatable bonds is 4. The van der Waals surface area contributed by atoms with E-state index in [0.717, 1.165) is 0 Å². The van der Waals surface area contributed by atoms with Crippen molar-refractivity contribution < 1.29 is 45.7 Å². The molecule has 20 heteroatoms. The highest BCUT2D eigenvalue weighted by molar-refractivity contribution is 9.15. The number of aromatic hydroxyl groups is 2. The number of phenolic OH excluding ortho intramolecular Hbond substituents is 2. The largest absolute Gasteiger partial charge is 0.506 e. The summed E-state index contributed by atoms with van der Waals surface area (Å²) in [5.74, 6) is -3.32. The van der Waals surface area contributed by atoms with Gasteiger partial charge in [0, 0.05) is 46.7 Å². The fourth-order valence-corrected chi connectivity index (χ4v) is 10.1. The number of halogens is 8. The van der Waals surface area contributed by atoms with E-state index in [2.05, 4.69) is 63.7 Å². The Kier molecular flexibility index (Phi) is 8.67. The lowest BCUT2D eigenvalue weighted by atomic mass is 9.79. The van der Waals surface area contributed by atoms with Gasteiger partial charge in [0.05, 0.1) is 25.7 Å². The average molecular weight is 932 g/mol. The lowest BCUT2D eigenvalue weighted by Gasteiger charge is -2.34. The highest BCUT2D eigenvalue weighted by atomic mass is 79.9. The predicted octanol–water partition coefficient (Wildman–Crippen LogP) is 7.72. The van der Waals surface area contributed by atoms with Gasteiger partial charge in [-0.25, -0.2) is 4.79 Å². The molecule has 1 aliphatic heterocycles. The summed E-state index contributed by atoms with van der Waals surface area (Å²) in [6.07, 6.45) is 0. The molecule has 10 nitrogen and oxygen atoms in total. The summed E-state index contributed by atoms with van der Waals surface area (Å²) in [4.78, 5) is 11.0. The van der Waals surface area contributed by atoms with Gasteiger partial charge < -0.3 is 14.9 Å². The lowest BCUT2D eigenvalue weighted by Crippen LogP contribution is -2.32. The van der Waals surface area contributed by atoms with E-state index in [1.165, 1.54) is 0 Å². The molecule has 0 aromatic heterocycles. The van der Waals surface area contributed by atoms with Crippen LogP contribution < -0.4 is 0 Å². The van der Waals surface area contributed by atoms with Crippen molar-refractivity contribution in [1.82, 2.24) is 0 Å². The van der Waals surface area contributed by atoms with E-state index in [1.54, 1.807) is 0 Å². The number of phenols is 2. The quantitative estimate of drug-likeness (QED) is 0.0878. The number of esters is 1. The second kappa shape index (κ2) is 10.7. The van der Waals surface area contributed by atoms with Crippen LogP contribution in [0.4, 0.5) is 0 Å². The van der Waals surface area contributed by atoms with E-state index in [-0.39, 0.29) is 29.0 Å². The SMILES string of the molecule is O=C1OC(c2c(Cl)cc(O)c(S(=O)(=O)O)c2Cl)(c2c(Cl)cc(O)c(S(=O)(=O)O)c2Cl)c2c(Br)c(Br)c(Br)c(Br)c21. The van der Waals surface area contributed by atoms with Crippen LogP contribution in [-0.4, -0.2) is 42.1 Å². The summed E-state index contributed by atoms with van der Waals surface area (Å²) in [5, 5.41) is 17.5. The Morgan fingerprint density at radius 2 is 1.05 bits per heavy atom. The maximum absolute atomic E-state index is 13.5. The van der Waals surface area contributed by atoms with Gasteiger partial charge in [-0.05, 0) is 63.7 Å². The van der Waals surface area contributed by atoms with Crippen molar-refractivity contribution >= 4 is 136 Å². The Balaban J connectivity index is 2.44. The number of carbonyl (C=O) groups excluding carboxylic acids is 1. The second-order valence-electron chi connectivity index (χ2n) is 7.82. The zero-order valence-electron chi connectivity index (χ0n) is 18.2. The normalized spacial score (nSPS) is 14.8. The van der Waals surface area contributed by atoms with E-state index in [1.807, 2.05) is 0 Å². The molecule has 0 unspecified atom stereocenters. The molecule has 1 heterocycles. The van der Waals surface area contributed by atoms with Gasteiger partial charge in [-0.3, -0.25) is 9.11 Å². The summed E-state index contributed by atoms with van der Waals surface area (Å²) < 4.78 is 75.0. The Hall–Kier alpha value is -0.370. The molecule has 3 aromatic carbocycles. The van der Waals surface area contributed by atoms with Crippen molar-refractivity contribution in [2.45, 2.75) is 15.4 Å². The van der Waals surface area contributed by atoms with Crippen molar-refractivity contribution in [3.8, 4) is 11.5 Å². The van der Waals surface area contributed by atoms with Crippen LogP contribution in [0.25, 0.3) is 0 Å². The first-order valence-electron chi connectivity index (χ1n) is 9.67. The first-order chi connectivity index (χ1) is 18.2. The standard InChI is InChI=1S/C20H6Br4Cl4O10S2/c21-11-7-10(12(22)14(24)13(11)23)20(38-19(7)31,8-3(25)1-5(29)17(15(8)27)39(32,33)34)9-4(26)2-6(30)18(16(9)28)40(35,36)37/h1-2,29-30H,(H,32,33,34)(H,35,36,37). The smallest absolute Gasteiger partial charge is 0.341 e. The Labute approximate surface area is 278 Å². The van der Waals surface area contributed by atoms with Gasteiger partial charge in [-0.2, -0.15) is 16.8 Å². The van der Waals surface area contributed by atoms with Crippen LogP contribution in [0.2, 0.25) is 20.1 Å². The lowest BCUT2D eigenvalue weighted by molar-refractivity contribution is 0.0250. The van der Waals surface area contributed by atoms with E-state index in [4.69, 9.17) is 51.1 Å². The van der Waals surface area contributed by atoms with E-state index < -0.39 is 84.3 Å². The average Bonchev–Trinajstić information content (AvgIpc) is 3.06. The van der Waals surface area contributed by atoms with E-state index >= 15 is 0 Å². The molecule has 4 N–H and O–H groups in total. The van der Waals surface area contributed by atoms with Crippen molar-refractivity contribution in [1.29, 1.82) is 0 Å². The minimum atomic E-state index is -5.29. The highest BCUT2D eigenvalue weighted by Gasteiger charge is 2.57. The maximum atomic E-state index is 13.5. The molecule has 214 valence electrons. The number of carbonyl (C=O) groups is 1. The number of hydrogen-bond acceptors (Lipinski definition) is 8. The molecule has 0 atom stereocenters. The predicted molar refractivity (Wildman–Crippen MR) is 158 cm³/mol. The molecular weight excluding hydrogens is 926 g/mol. The molecule has 0 bridgehead atoms. The van der Waals surface area contributed by atoms with Gasteiger partial charge in [0.15, 0.2) is 15.4 Å². The van der Waals surface area contributed by atoms with Gasteiger partial charge in [-0.1, -0.05) is 46.4 Å². The van der Waals surface area contributed by atoms with Crippen LogP contribution in [0.15, 0.2) is 39.8 Å². The van der Waals surface area contributed by atoms with Gasteiger partial charge in [0.25, 0.3) is 20.2 Å². The van der Waals surface area contributed by atoms with Crippen LogP contribution in [-0.2, 0) is 30.6 Å². The van der Waals surface area contributed by atoms with Crippen LogP contribution in [0, 0.1) is 0 Å². The van der Waals surface area contributed by atoms with E-state index in [9.17, 15) is 40.9 Å². The Bertz CT molecular complexity index is 1820. The molecule has 0 radical (unpaired) electrons. The summed E-state index contributed by atoms with van der Waals surface area (Å²) >= 11 is 39.0. The third-order valence-electron chi connectivity index (χ3n) is 5.60. The van der Waals surface area contributed by atoms with Crippen LogP contribution in [0.3, 0.4) is 0 Å². The number of ether oxygens (including phenoxy) is 1. The molecule has 40 heavy (non-hydrogen) atoms. The molecular formula is C20H6Br4Cl4O10S2. The third kappa shape index (κ3) is 4.79. The molecule has 0 spiro atoms. The van der Waals surface area contributed by atoms with Gasteiger partial charge >= 0.3 is 5.97 Å². The molecule has 4 rings (SSSR count). The summed E-state index contributed by atoms with van der Waals surface area (Å²) in [5.41, 5.74) is -4.47. The molecule has 0 fully saturated rings. The summed E-state index contributed by atoms with van der Waals surface area (Å²) in [6.45, 7) is 0. The van der Waals surface area contributed by atoms with Crippen LogP contribution in [0.1, 0.15) is 27.0 Å². The number of cyclic esters (lactones) is 1. The minimum absolute atomic E-state index is 0.0191. The van der Waals surface area contributed by atoms with Crippen molar-refractivity contribution in [2.75, 3.05) is 0 Å². The number of hydrogen-bond donors (Lipinski definition) is 4. The van der Waals surface area contributed by atoms with Crippen LogP contribution in [0.5, 0.6) is 11.5 Å². The van der Waals surface area contributed by atoms with Crippen molar-refractivity contribution in [2.24, 2.45) is 0 Å². The Morgan fingerprint density at radius 1 is 0.675 bits per heavy atom. The molecule has 3 aromatic rings. The molecule has 1 aliphatic rings. The second-order valence-corrected chi connectivity index (χ2v) is 15.3. The molecule has 0 saturated carbocycles. The summed E-state index contributed by atoms with van der Waals surface area (Å²) in [6, 6.07) is 1.31. The molecule has 0 aliphatic carbocycles. The minimum Gasteiger partial charge on any atom is -0.506 e.